The number of hydrogen-bond acceptors (Lipinski definition) is 7. The van der Waals surface area contributed by atoms with Crippen molar-refractivity contribution >= 4 is 11.8 Å². The van der Waals surface area contributed by atoms with E-state index in [0.717, 1.165) is 6.42 Å². The molecule has 2 aromatic rings. The summed E-state index contributed by atoms with van der Waals surface area (Å²) < 4.78 is 15.8. The number of ether oxygens (including phenoxy) is 1. The Morgan fingerprint density at radius 2 is 2.25 bits per heavy atom. The molecule has 0 aromatic carbocycles. The number of amides is 2. The van der Waals surface area contributed by atoms with Gasteiger partial charge in [-0.1, -0.05) is 5.16 Å². The molecule has 1 saturated carbocycles. The molecular formula is C19H24N4O5. The third-order valence-electron chi connectivity index (χ3n) is 5.89. The number of aryl methyl sites for hydroxylation is 2. The molecule has 1 unspecified atom stereocenters. The molecule has 28 heavy (non-hydrogen) atoms. The number of fused-ring (bicyclic) bond motifs is 1. The molecule has 0 radical (unpaired) electrons. The highest BCUT2D eigenvalue weighted by atomic mass is 16.5. The average molecular weight is 388 g/mol. The summed E-state index contributed by atoms with van der Waals surface area (Å²) in [6.45, 7) is 4.66. The van der Waals surface area contributed by atoms with E-state index < -0.39 is 5.41 Å². The van der Waals surface area contributed by atoms with Crippen LogP contribution in [0.2, 0.25) is 0 Å². The van der Waals surface area contributed by atoms with Gasteiger partial charge in [-0.2, -0.15) is 4.98 Å². The Balaban J connectivity index is 1.55. The van der Waals surface area contributed by atoms with Gasteiger partial charge in [-0.05, 0) is 38.7 Å². The number of aromatic nitrogens is 2. The van der Waals surface area contributed by atoms with Crippen LogP contribution in [0.3, 0.4) is 0 Å². The largest absolute Gasteiger partial charge is 0.469 e. The molecule has 3 atom stereocenters. The zero-order chi connectivity index (χ0) is 19.9. The van der Waals surface area contributed by atoms with Crippen LogP contribution < -0.4 is 5.32 Å². The molecule has 2 amide bonds. The van der Waals surface area contributed by atoms with E-state index >= 15 is 0 Å². The number of rotatable bonds is 5. The molecule has 2 fully saturated rings. The number of carbonyl (C=O) groups excluding carboxylic acids is 2. The molecule has 2 aromatic heterocycles. The summed E-state index contributed by atoms with van der Waals surface area (Å²) in [5.74, 6) is 1.62. The van der Waals surface area contributed by atoms with Crippen molar-refractivity contribution in [3.63, 3.8) is 0 Å². The Morgan fingerprint density at radius 1 is 1.43 bits per heavy atom. The number of carbonyl (C=O) groups is 2. The van der Waals surface area contributed by atoms with Gasteiger partial charge in [-0.25, -0.2) is 0 Å². The second-order valence-corrected chi connectivity index (χ2v) is 7.71. The third-order valence-corrected chi connectivity index (χ3v) is 5.89. The van der Waals surface area contributed by atoms with Crippen LogP contribution in [-0.2, 0) is 14.9 Å². The summed E-state index contributed by atoms with van der Waals surface area (Å²) in [4.78, 5) is 31.2. The second kappa shape index (κ2) is 7.05. The van der Waals surface area contributed by atoms with E-state index in [1.807, 2.05) is 0 Å². The smallest absolute Gasteiger partial charge is 0.255 e. The molecule has 1 aliphatic carbocycles. The predicted molar refractivity (Wildman–Crippen MR) is 96.6 cm³/mol. The molecule has 2 aliphatic rings. The Kier molecular flexibility index (Phi) is 4.70. The van der Waals surface area contributed by atoms with Crippen molar-refractivity contribution in [2.24, 2.45) is 5.92 Å². The highest BCUT2D eigenvalue weighted by Gasteiger charge is 2.58. The minimum absolute atomic E-state index is 0.0429. The normalized spacial score (nSPS) is 26.5. The number of furan rings is 1. The minimum Gasteiger partial charge on any atom is -0.469 e. The van der Waals surface area contributed by atoms with E-state index in [-0.39, 0.29) is 30.4 Å². The van der Waals surface area contributed by atoms with Gasteiger partial charge in [-0.15, -0.1) is 0 Å². The fraction of sp³-hybridized carbons (Fsp3) is 0.579. The van der Waals surface area contributed by atoms with Gasteiger partial charge >= 0.3 is 0 Å². The minimum atomic E-state index is -0.450. The molecule has 9 nitrogen and oxygen atoms in total. The first-order chi connectivity index (χ1) is 13.4. The van der Waals surface area contributed by atoms with Crippen LogP contribution >= 0.6 is 0 Å². The van der Waals surface area contributed by atoms with Gasteiger partial charge in [0.05, 0.1) is 17.2 Å². The van der Waals surface area contributed by atoms with Crippen molar-refractivity contribution in [1.82, 2.24) is 20.4 Å². The van der Waals surface area contributed by atoms with E-state index in [1.165, 1.54) is 13.4 Å². The quantitative estimate of drug-likeness (QED) is 0.820. The lowest BCUT2D eigenvalue weighted by Gasteiger charge is -2.25. The first-order valence-electron chi connectivity index (χ1n) is 9.35. The van der Waals surface area contributed by atoms with Gasteiger partial charge in [0.2, 0.25) is 11.8 Å². The van der Waals surface area contributed by atoms with Crippen molar-refractivity contribution in [3.8, 4) is 0 Å². The van der Waals surface area contributed by atoms with Crippen molar-refractivity contribution in [1.29, 1.82) is 0 Å². The van der Waals surface area contributed by atoms with E-state index in [2.05, 4.69) is 15.5 Å². The van der Waals surface area contributed by atoms with Gasteiger partial charge in [0, 0.05) is 26.2 Å². The first kappa shape index (κ1) is 18.7. The van der Waals surface area contributed by atoms with Crippen molar-refractivity contribution in [2.75, 3.05) is 26.8 Å². The Labute approximate surface area is 162 Å². The summed E-state index contributed by atoms with van der Waals surface area (Å²) in [5, 5.41) is 7.05. The maximum Gasteiger partial charge on any atom is 0.255 e. The Morgan fingerprint density at radius 3 is 2.89 bits per heavy atom. The number of nitrogens with one attached hydrogen (secondary N) is 1. The number of methoxy groups -OCH3 is 1. The fourth-order valence-corrected chi connectivity index (χ4v) is 4.60. The highest BCUT2D eigenvalue weighted by Crippen LogP contribution is 2.50. The zero-order valence-electron chi connectivity index (χ0n) is 16.2. The lowest BCUT2D eigenvalue weighted by Crippen LogP contribution is -2.40. The number of hydrogen-bond donors (Lipinski definition) is 1. The van der Waals surface area contributed by atoms with Gasteiger partial charge in [0.1, 0.15) is 12.4 Å². The van der Waals surface area contributed by atoms with Crippen molar-refractivity contribution < 1.29 is 23.3 Å². The summed E-state index contributed by atoms with van der Waals surface area (Å²) in [5.41, 5.74) is 0.0882. The van der Waals surface area contributed by atoms with Crippen LogP contribution in [0.5, 0.6) is 0 Å². The van der Waals surface area contributed by atoms with Gasteiger partial charge in [0.15, 0.2) is 5.82 Å². The van der Waals surface area contributed by atoms with Crippen molar-refractivity contribution in [2.45, 2.75) is 38.1 Å². The molecule has 1 aliphatic heterocycles. The fourth-order valence-electron chi connectivity index (χ4n) is 4.60. The standard InChI is InChI=1S/C19H24N4O5/c1-11-15(4-5-27-11)17(25)21-14-6-13-8-23(16(24)9-26-3)10-19(13,7-14)18-20-12(2)22-28-18/h4-5,13-14H,6-10H2,1-3H3,(H,21,25)/t13?,14-,19+/m1/s1. The van der Waals surface area contributed by atoms with E-state index in [9.17, 15) is 9.59 Å². The maximum atomic E-state index is 12.6. The number of likely N-dealkylation sites (tertiary alicyclic amines) is 1. The van der Waals surface area contributed by atoms with E-state index in [0.29, 0.717) is 42.5 Å². The Hall–Kier alpha value is -2.68. The molecular weight excluding hydrogens is 364 g/mol. The SMILES string of the molecule is COCC(=O)N1CC2C[C@@H](NC(=O)c3ccoc3C)C[C@]2(c2nc(C)no2)C1. The molecule has 9 heteroatoms. The summed E-state index contributed by atoms with van der Waals surface area (Å²) in [6.07, 6.45) is 2.88. The van der Waals surface area contributed by atoms with Gasteiger partial charge in [0.25, 0.3) is 5.91 Å². The summed E-state index contributed by atoms with van der Waals surface area (Å²) in [7, 11) is 1.51. The molecule has 1 N–H and O–H groups in total. The maximum absolute atomic E-state index is 12.6. The molecule has 4 rings (SSSR count). The summed E-state index contributed by atoms with van der Waals surface area (Å²) >= 11 is 0. The lowest BCUT2D eigenvalue weighted by molar-refractivity contribution is -0.134. The molecule has 0 bridgehead atoms. The highest BCUT2D eigenvalue weighted by molar-refractivity contribution is 5.95. The molecule has 150 valence electrons. The predicted octanol–water partition coefficient (Wildman–Crippen LogP) is 1.21. The second-order valence-electron chi connectivity index (χ2n) is 7.71. The third kappa shape index (κ3) is 3.09. The van der Waals surface area contributed by atoms with Gasteiger partial charge in [-0.3, -0.25) is 9.59 Å². The van der Waals surface area contributed by atoms with Crippen LogP contribution in [0.25, 0.3) is 0 Å². The Bertz CT molecular complexity index is 891. The van der Waals surface area contributed by atoms with Crippen LogP contribution in [-0.4, -0.2) is 59.7 Å². The van der Waals surface area contributed by atoms with E-state index in [4.69, 9.17) is 13.7 Å². The molecule has 3 heterocycles. The van der Waals surface area contributed by atoms with Crippen molar-refractivity contribution in [3.05, 3.63) is 35.4 Å². The average Bonchev–Trinajstić information content (AvgIpc) is 3.38. The monoisotopic (exact) mass is 388 g/mol. The topological polar surface area (TPSA) is 111 Å². The van der Waals surface area contributed by atoms with E-state index in [1.54, 1.807) is 24.8 Å². The van der Waals surface area contributed by atoms with Crippen LogP contribution in [0, 0.1) is 19.8 Å². The van der Waals surface area contributed by atoms with Crippen LogP contribution in [0.1, 0.15) is 40.7 Å². The first-order valence-corrected chi connectivity index (χ1v) is 9.35. The van der Waals surface area contributed by atoms with Crippen LogP contribution in [0.15, 0.2) is 21.3 Å². The summed E-state index contributed by atoms with van der Waals surface area (Å²) in [6, 6.07) is 1.63. The molecule has 1 saturated heterocycles. The van der Waals surface area contributed by atoms with Gasteiger partial charge < -0.3 is 23.9 Å². The number of nitrogens with zero attached hydrogens (tertiary/aromatic N) is 3. The van der Waals surface area contributed by atoms with Crippen LogP contribution in [0.4, 0.5) is 0 Å². The lowest BCUT2D eigenvalue weighted by atomic mass is 9.80. The zero-order valence-corrected chi connectivity index (χ0v) is 16.2. The molecule has 0 spiro atoms.